The fraction of sp³-hybridized carbons (Fsp3) is 0.316. The van der Waals surface area contributed by atoms with E-state index in [2.05, 4.69) is 13.8 Å². The third-order valence-corrected chi connectivity index (χ3v) is 3.92. The molecule has 0 N–H and O–H groups in total. The second-order valence-corrected chi connectivity index (χ2v) is 6.33. The van der Waals surface area contributed by atoms with E-state index in [0.717, 1.165) is 5.56 Å². The first-order valence-corrected chi connectivity index (χ1v) is 8.04. The maximum Gasteiger partial charge on any atom is 0.260 e. The molecule has 0 heterocycles. The van der Waals surface area contributed by atoms with Gasteiger partial charge in [0, 0.05) is 18.6 Å². The topological polar surface area (TPSA) is 29.5 Å². The number of rotatable bonds is 6. The largest absolute Gasteiger partial charge is 0.484 e. The number of carbonyl (C=O) groups excluding carboxylic acids is 1. The summed E-state index contributed by atoms with van der Waals surface area (Å²) < 4.78 is 5.57. The summed E-state index contributed by atoms with van der Waals surface area (Å²) in [4.78, 5) is 13.8. The zero-order valence-electron chi connectivity index (χ0n) is 13.8. The van der Waals surface area contributed by atoms with Crippen molar-refractivity contribution < 1.29 is 9.53 Å². The molecule has 0 saturated heterocycles. The van der Waals surface area contributed by atoms with Crippen molar-refractivity contribution in [2.24, 2.45) is 0 Å². The van der Waals surface area contributed by atoms with Crippen LogP contribution in [-0.4, -0.2) is 24.5 Å². The molecule has 2 aromatic rings. The van der Waals surface area contributed by atoms with Crippen LogP contribution in [0.25, 0.3) is 0 Å². The van der Waals surface area contributed by atoms with Crippen molar-refractivity contribution in [2.75, 3.05) is 13.7 Å². The number of ether oxygens (including phenoxy) is 1. The fourth-order valence-corrected chi connectivity index (χ4v) is 2.28. The number of amides is 1. The van der Waals surface area contributed by atoms with E-state index in [-0.39, 0.29) is 12.5 Å². The van der Waals surface area contributed by atoms with Crippen LogP contribution in [0.2, 0.25) is 5.02 Å². The highest BCUT2D eigenvalue weighted by atomic mass is 35.5. The molecule has 0 radical (unpaired) electrons. The van der Waals surface area contributed by atoms with Gasteiger partial charge in [0.25, 0.3) is 5.91 Å². The summed E-state index contributed by atoms with van der Waals surface area (Å²) in [6.45, 7) is 4.85. The zero-order valence-corrected chi connectivity index (χ0v) is 14.5. The van der Waals surface area contributed by atoms with Gasteiger partial charge in [0.2, 0.25) is 0 Å². The van der Waals surface area contributed by atoms with Crippen molar-refractivity contribution in [3.05, 3.63) is 64.7 Å². The van der Waals surface area contributed by atoms with Crippen LogP contribution >= 0.6 is 11.6 Å². The summed E-state index contributed by atoms with van der Waals surface area (Å²) in [7, 11) is 1.77. The van der Waals surface area contributed by atoms with Crippen molar-refractivity contribution in [3.8, 4) is 5.75 Å². The minimum atomic E-state index is -0.0621. The van der Waals surface area contributed by atoms with E-state index in [1.54, 1.807) is 11.9 Å². The summed E-state index contributed by atoms with van der Waals surface area (Å²) in [6.07, 6.45) is 0. The van der Waals surface area contributed by atoms with Crippen LogP contribution < -0.4 is 4.74 Å². The second kappa shape index (κ2) is 8.02. The highest BCUT2D eigenvalue weighted by molar-refractivity contribution is 6.30. The molecule has 0 spiro atoms. The highest BCUT2D eigenvalue weighted by Crippen LogP contribution is 2.18. The minimum absolute atomic E-state index is 0.0329. The molecule has 2 rings (SSSR count). The van der Waals surface area contributed by atoms with Gasteiger partial charge in [-0.15, -0.1) is 0 Å². The van der Waals surface area contributed by atoms with E-state index in [0.29, 0.717) is 23.2 Å². The first kappa shape index (κ1) is 17.4. The molecular formula is C19H22ClNO2. The lowest BCUT2D eigenvalue weighted by Crippen LogP contribution is -2.30. The van der Waals surface area contributed by atoms with Crippen LogP contribution in [0.3, 0.4) is 0 Å². The van der Waals surface area contributed by atoms with Gasteiger partial charge in [-0.25, -0.2) is 0 Å². The molecule has 0 aliphatic rings. The van der Waals surface area contributed by atoms with Gasteiger partial charge in [-0.05, 0) is 41.3 Å². The number of hydrogen-bond acceptors (Lipinski definition) is 2. The van der Waals surface area contributed by atoms with E-state index in [4.69, 9.17) is 16.3 Å². The molecule has 122 valence electrons. The minimum Gasteiger partial charge on any atom is -0.484 e. The molecule has 0 bridgehead atoms. The van der Waals surface area contributed by atoms with Gasteiger partial charge in [-0.3, -0.25) is 4.79 Å². The van der Waals surface area contributed by atoms with E-state index >= 15 is 0 Å². The maximum atomic E-state index is 12.1. The number of carbonyl (C=O) groups is 1. The molecule has 2 aromatic carbocycles. The van der Waals surface area contributed by atoms with Crippen LogP contribution in [0.1, 0.15) is 30.9 Å². The molecule has 0 aliphatic heterocycles. The average molecular weight is 332 g/mol. The third-order valence-electron chi connectivity index (χ3n) is 3.67. The number of benzene rings is 2. The first-order valence-electron chi connectivity index (χ1n) is 7.67. The second-order valence-electron chi connectivity index (χ2n) is 5.89. The molecule has 0 aromatic heterocycles. The molecule has 0 fully saturated rings. The smallest absolute Gasteiger partial charge is 0.260 e. The maximum absolute atomic E-state index is 12.1. The number of likely N-dealkylation sites (N-methyl/N-ethyl adjacent to an activating group) is 1. The predicted molar refractivity (Wildman–Crippen MR) is 94.0 cm³/mol. The lowest BCUT2D eigenvalue weighted by Gasteiger charge is -2.18. The van der Waals surface area contributed by atoms with Crippen LogP contribution in [0.15, 0.2) is 48.5 Å². The van der Waals surface area contributed by atoms with Gasteiger partial charge in [0.1, 0.15) is 5.75 Å². The normalized spacial score (nSPS) is 10.7. The Hall–Kier alpha value is -2.00. The van der Waals surface area contributed by atoms with Gasteiger partial charge >= 0.3 is 0 Å². The zero-order chi connectivity index (χ0) is 16.8. The molecule has 0 saturated carbocycles. The molecule has 0 unspecified atom stereocenters. The Morgan fingerprint density at radius 1 is 1.09 bits per heavy atom. The Bertz CT molecular complexity index is 635. The van der Waals surface area contributed by atoms with E-state index < -0.39 is 0 Å². The van der Waals surface area contributed by atoms with Crippen LogP contribution in [0.5, 0.6) is 5.75 Å². The summed E-state index contributed by atoms with van der Waals surface area (Å²) in [5, 5.41) is 0.691. The van der Waals surface area contributed by atoms with E-state index in [1.807, 2.05) is 48.5 Å². The van der Waals surface area contributed by atoms with E-state index in [1.165, 1.54) is 5.56 Å². The summed E-state index contributed by atoms with van der Waals surface area (Å²) in [6, 6.07) is 15.3. The number of halogens is 1. The molecule has 1 amide bonds. The monoisotopic (exact) mass is 331 g/mol. The predicted octanol–water partition coefficient (Wildman–Crippen LogP) is 4.50. The lowest BCUT2D eigenvalue weighted by molar-refractivity contribution is -0.132. The Labute approximate surface area is 142 Å². The van der Waals surface area contributed by atoms with Crippen molar-refractivity contribution in [2.45, 2.75) is 26.3 Å². The Balaban J connectivity index is 1.84. The SMILES string of the molecule is CC(C)c1ccc(OCC(=O)N(C)Cc2ccc(Cl)cc2)cc1. The molecule has 23 heavy (non-hydrogen) atoms. The lowest BCUT2D eigenvalue weighted by atomic mass is 10.0. The molecular weight excluding hydrogens is 310 g/mol. The van der Waals surface area contributed by atoms with Crippen LogP contribution in [0.4, 0.5) is 0 Å². The van der Waals surface area contributed by atoms with Crippen LogP contribution in [-0.2, 0) is 11.3 Å². The molecule has 3 nitrogen and oxygen atoms in total. The summed E-state index contributed by atoms with van der Waals surface area (Å²) in [5.74, 6) is 1.13. The number of hydrogen-bond donors (Lipinski definition) is 0. The van der Waals surface area contributed by atoms with Crippen molar-refractivity contribution in [1.82, 2.24) is 4.90 Å². The van der Waals surface area contributed by atoms with Gasteiger partial charge in [-0.2, -0.15) is 0 Å². The highest BCUT2D eigenvalue weighted by Gasteiger charge is 2.10. The van der Waals surface area contributed by atoms with Gasteiger partial charge in [-0.1, -0.05) is 49.7 Å². The van der Waals surface area contributed by atoms with Gasteiger partial charge < -0.3 is 9.64 Å². The molecule has 4 heteroatoms. The Kier molecular flexibility index (Phi) is 6.05. The van der Waals surface area contributed by atoms with Crippen LogP contribution in [0, 0.1) is 0 Å². The first-order chi connectivity index (χ1) is 11.0. The molecule has 0 atom stereocenters. The van der Waals surface area contributed by atoms with Gasteiger partial charge in [0.15, 0.2) is 6.61 Å². The quantitative estimate of drug-likeness (QED) is 0.780. The van der Waals surface area contributed by atoms with E-state index in [9.17, 15) is 4.79 Å². The third kappa shape index (κ3) is 5.29. The van der Waals surface area contributed by atoms with Crippen molar-refractivity contribution >= 4 is 17.5 Å². The summed E-state index contributed by atoms with van der Waals surface area (Å²) in [5.41, 5.74) is 2.29. The van der Waals surface area contributed by atoms with Gasteiger partial charge in [0.05, 0.1) is 0 Å². The standard InChI is InChI=1S/C19H22ClNO2/c1-14(2)16-6-10-18(11-7-16)23-13-19(22)21(3)12-15-4-8-17(20)9-5-15/h4-11,14H,12-13H2,1-3H3. The Morgan fingerprint density at radius 2 is 1.70 bits per heavy atom. The van der Waals surface area contributed by atoms with Crippen molar-refractivity contribution in [3.63, 3.8) is 0 Å². The average Bonchev–Trinajstić information content (AvgIpc) is 2.55. The fourth-order valence-electron chi connectivity index (χ4n) is 2.16. The number of nitrogens with zero attached hydrogens (tertiary/aromatic N) is 1. The summed E-state index contributed by atoms with van der Waals surface area (Å²) >= 11 is 5.86. The molecule has 0 aliphatic carbocycles. The Morgan fingerprint density at radius 3 is 2.26 bits per heavy atom. The van der Waals surface area contributed by atoms with Crippen molar-refractivity contribution in [1.29, 1.82) is 0 Å².